The molecule has 0 aliphatic heterocycles. The molecule has 0 amide bonds. The first kappa shape index (κ1) is 34.0. The second-order valence-corrected chi connectivity index (χ2v) is 17.4. The van der Waals surface area contributed by atoms with E-state index in [-0.39, 0.29) is 5.92 Å². The number of rotatable bonds is 12. The molecule has 0 N–H and O–H groups in total. The van der Waals surface area contributed by atoms with Gasteiger partial charge in [0.1, 0.15) is 11.9 Å². The van der Waals surface area contributed by atoms with Crippen molar-refractivity contribution in [3.63, 3.8) is 0 Å². The minimum absolute atomic E-state index is 0.0101. The molecule has 0 saturated carbocycles. The van der Waals surface area contributed by atoms with Crippen LogP contribution in [0.15, 0.2) is 48.5 Å². The lowest BCUT2D eigenvalue weighted by Gasteiger charge is -2.39. The third-order valence-electron chi connectivity index (χ3n) is 5.44. The standard InChI is InChI=1S/C24H27F10O4PSi/c1-15(2)16-10-12-17(13-11-16)36-39(35,37-19-9-7-6-8-18(19)25)38-20(14-40(3,4)5)21(26,27)22(28,29)23(30,31)24(32,33)34/h6-13,15,20H,14H2,1-5H3. The molecular formula is C24H27F10O4PSi. The van der Waals surface area contributed by atoms with Crippen LogP contribution in [-0.4, -0.2) is 38.1 Å². The van der Waals surface area contributed by atoms with E-state index in [1.54, 1.807) is 0 Å². The third-order valence-corrected chi connectivity index (χ3v) is 8.40. The van der Waals surface area contributed by atoms with E-state index >= 15 is 8.78 Å². The quantitative estimate of drug-likeness (QED) is 0.133. The fraction of sp³-hybridized carbons (Fsp3) is 0.500. The van der Waals surface area contributed by atoms with Gasteiger partial charge in [0, 0.05) is 8.07 Å². The van der Waals surface area contributed by atoms with Gasteiger partial charge in [-0.25, -0.2) is 8.96 Å². The summed E-state index contributed by atoms with van der Waals surface area (Å²) in [6, 6.07) is 7.93. The van der Waals surface area contributed by atoms with Gasteiger partial charge < -0.3 is 9.05 Å². The summed E-state index contributed by atoms with van der Waals surface area (Å²) in [7, 11) is -8.79. The van der Waals surface area contributed by atoms with Gasteiger partial charge in [-0.05, 0) is 41.8 Å². The predicted octanol–water partition coefficient (Wildman–Crippen LogP) is 9.71. The molecule has 0 fully saturated rings. The smallest absolute Gasteiger partial charge is 0.395 e. The minimum atomic E-state index is -7.21. The lowest BCUT2D eigenvalue weighted by molar-refractivity contribution is -0.403. The van der Waals surface area contributed by atoms with Crippen molar-refractivity contribution in [1.29, 1.82) is 0 Å². The summed E-state index contributed by atoms with van der Waals surface area (Å²) in [6.45, 7) is 7.48. The van der Waals surface area contributed by atoms with Crippen LogP contribution < -0.4 is 9.05 Å². The number of halogens is 10. The molecule has 2 atom stereocenters. The molecule has 0 heterocycles. The second-order valence-electron chi connectivity index (χ2n) is 10.4. The molecule has 2 aromatic rings. The molecule has 2 unspecified atom stereocenters. The molecule has 0 radical (unpaired) electrons. The van der Waals surface area contributed by atoms with Crippen molar-refractivity contribution in [3.8, 4) is 11.5 Å². The number of para-hydroxylation sites is 1. The van der Waals surface area contributed by atoms with E-state index in [2.05, 4.69) is 4.52 Å². The lowest BCUT2D eigenvalue weighted by atomic mass is 10.00. The van der Waals surface area contributed by atoms with Crippen LogP contribution in [0.2, 0.25) is 25.7 Å². The number of phosphoric acid groups is 1. The zero-order chi connectivity index (χ0) is 30.9. The Balaban J connectivity index is 2.65. The summed E-state index contributed by atoms with van der Waals surface area (Å²) in [4.78, 5) is 0. The highest BCUT2D eigenvalue weighted by atomic mass is 31.2. The van der Waals surface area contributed by atoms with Crippen LogP contribution in [0.25, 0.3) is 0 Å². The van der Waals surface area contributed by atoms with Crippen molar-refractivity contribution in [2.24, 2.45) is 0 Å². The van der Waals surface area contributed by atoms with Crippen LogP contribution in [-0.2, 0) is 9.09 Å². The van der Waals surface area contributed by atoms with E-state index in [0.29, 0.717) is 0 Å². The van der Waals surface area contributed by atoms with Crippen molar-refractivity contribution < 1.29 is 62.0 Å². The van der Waals surface area contributed by atoms with Gasteiger partial charge >= 0.3 is 31.8 Å². The second kappa shape index (κ2) is 11.6. The Hall–Kier alpha value is -2.25. The topological polar surface area (TPSA) is 44.8 Å². The van der Waals surface area contributed by atoms with Gasteiger partial charge in [-0.2, -0.15) is 39.5 Å². The van der Waals surface area contributed by atoms with E-state index in [0.717, 1.165) is 42.0 Å². The van der Waals surface area contributed by atoms with Gasteiger partial charge in [-0.1, -0.05) is 57.8 Å². The van der Waals surface area contributed by atoms with E-state index in [9.17, 15) is 39.7 Å². The normalized spacial score (nSPS) is 16.0. The molecule has 40 heavy (non-hydrogen) atoms. The maximum atomic E-state index is 15.1. The molecule has 0 aliphatic rings. The maximum Gasteiger partial charge on any atom is 0.588 e. The van der Waals surface area contributed by atoms with Crippen molar-refractivity contribution in [2.45, 2.75) is 75.5 Å². The monoisotopic (exact) mass is 628 g/mol. The predicted molar refractivity (Wildman–Crippen MR) is 130 cm³/mol. The van der Waals surface area contributed by atoms with Crippen LogP contribution >= 0.6 is 7.82 Å². The molecule has 0 aliphatic carbocycles. The summed E-state index contributed by atoms with van der Waals surface area (Å²) in [5, 5.41) is 0. The van der Waals surface area contributed by atoms with Gasteiger partial charge in [0.15, 0.2) is 11.6 Å². The molecule has 2 rings (SSSR count). The number of alkyl halides is 9. The van der Waals surface area contributed by atoms with Crippen LogP contribution in [0.3, 0.4) is 0 Å². The zero-order valence-electron chi connectivity index (χ0n) is 21.8. The number of benzene rings is 2. The van der Waals surface area contributed by atoms with Crippen LogP contribution in [0, 0.1) is 5.82 Å². The molecule has 226 valence electrons. The highest BCUT2D eigenvalue weighted by molar-refractivity contribution is 7.49. The Labute approximate surface area is 225 Å². The molecule has 4 nitrogen and oxygen atoms in total. The Morgan fingerprint density at radius 1 is 0.800 bits per heavy atom. The van der Waals surface area contributed by atoms with Crippen molar-refractivity contribution in [1.82, 2.24) is 0 Å². The average Bonchev–Trinajstić information content (AvgIpc) is 2.78. The molecule has 0 bridgehead atoms. The number of hydrogen-bond acceptors (Lipinski definition) is 4. The van der Waals surface area contributed by atoms with E-state index in [1.165, 1.54) is 31.8 Å². The number of hydrogen-bond donors (Lipinski definition) is 0. The maximum absolute atomic E-state index is 15.1. The van der Waals surface area contributed by atoms with Crippen LogP contribution in [0.4, 0.5) is 43.9 Å². The fourth-order valence-electron chi connectivity index (χ4n) is 3.28. The van der Waals surface area contributed by atoms with Crippen molar-refractivity contribution >= 4 is 15.9 Å². The van der Waals surface area contributed by atoms with Gasteiger partial charge in [0.05, 0.1) is 0 Å². The lowest BCUT2D eigenvalue weighted by Crippen LogP contribution is -2.65. The summed E-state index contributed by atoms with van der Waals surface area (Å²) < 4.78 is 167. The van der Waals surface area contributed by atoms with Crippen LogP contribution in [0.5, 0.6) is 11.5 Å². The third kappa shape index (κ3) is 7.52. The van der Waals surface area contributed by atoms with Crippen molar-refractivity contribution in [3.05, 3.63) is 59.9 Å². The average molecular weight is 629 g/mol. The van der Waals surface area contributed by atoms with E-state index < -0.39 is 69.3 Å². The van der Waals surface area contributed by atoms with Gasteiger partial charge in [0.25, 0.3) is 0 Å². The highest BCUT2D eigenvalue weighted by Gasteiger charge is 2.83. The van der Waals surface area contributed by atoms with Crippen LogP contribution in [0.1, 0.15) is 25.3 Å². The largest absolute Gasteiger partial charge is 0.588 e. The SMILES string of the molecule is CC(C)c1ccc(OP(=O)(Oc2ccccc2F)OC(C[Si](C)(C)C)C(F)(F)C(F)(F)C(F)(F)C(F)(F)F)cc1. The molecule has 0 saturated heterocycles. The zero-order valence-corrected chi connectivity index (χ0v) is 23.7. The Bertz CT molecular complexity index is 1200. The molecule has 0 aromatic heterocycles. The molecule has 2 aromatic carbocycles. The number of phosphoric ester groups is 1. The first-order valence-corrected chi connectivity index (χ1v) is 16.8. The first-order chi connectivity index (χ1) is 17.9. The van der Waals surface area contributed by atoms with Gasteiger partial charge in [0.2, 0.25) is 0 Å². The molecule has 0 spiro atoms. The Morgan fingerprint density at radius 3 is 1.77 bits per heavy atom. The van der Waals surface area contributed by atoms with Crippen molar-refractivity contribution in [2.75, 3.05) is 0 Å². The summed E-state index contributed by atoms with van der Waals surface area (Å²) >= 11 is 0. The fourth-order valence-corrected chi connectivity index (χ4v) is 6.28. The Kier molecular flexibility index (Phi) is 9.81. The summed E-state index contributed by atoms with van der Waals surface area (Å²) in [5.41, 5.74) is 0.718. The van der Waals surface area contributed by atoms with Gasteiger partial charge in [-0.15, -0.1) is 0 Å². The molecular weight excluding hydrogens is 601 g/mol. The minimum Gasteiger partial charge on any atom is -0.395 e. The summed E-state index contributed by atoms with van der Waals surface area (Å²) in [6.07, 6.45) is -10.6. The first-order valence-electron chi connectivity index (χ1n) is 11.7. The van der Waals surface area contributed by atoms with Gasteiger partial charge in [-0.3, -0.25) is 4.52 Å². The Morgan fingerprint density at radius 2 is 1.32 bits per heavy atom. The molecule has 16 heteroatoms. The highest BCUT2D eigenvalue weighted by Crippen LogP contribution is 2.59. The summed E-state index contributed by atoms with van der Waals surface area (Å²) in [5.74, 6) is -23.1. The van der Waals surface area contributed by atoms with E-state index in [4.69, 9.17) is 9.05 Å². The van der Waals surface area contributed by atoms with E-state index in [1.807, 2.05) is 13.8 Å².